The van der Waals surface area contributed by atoms with Gasteiger partial charge >= 0.3 is 6.18 Å². The zero-order chi connectivity index (χ0) is 23.2. The Balaban J connectivity index is 1.71. The van der Waals surface area contributed by atoms with Crippen molar-refractivity contribution in [1.29, 1.82) is 0 Å². The molecule has 0 amide bonds. The predicted octanol–water partition coefficient (Wildman–Crippen LogP) is 4.87. The molecule has 3 aromatic carbocycles. The molecule has 0 atom stereocenters. The van der Waals surface area contributed by atoms with Crippen molar-refractivity contribution in [3.63, 3.8) is 0 Å². The molecule has 5 aromatic rings. The van der Waals surface area contributed by atoms with Crippen LogP contribution >= 0.6 is 0 Å². The van der Waals surface area contributed by atoms with E-state index in [4.69, 9.17) is 0 Å². The first-order valence-corrected chi connectivity index (χ1v) is 11.1. The second-order valence-corrected chi connectivity index (χ2v) is 8.99. The van der Waals surface area contributed by atoms with E-state index >= 15 is 0 Å². The van der Waals surface area contributed by atoms with Crippen LogP contribution in [0.5, 0.6) is 0 Å². The molecule has 5 rings (SSSR count). The number of sulfone groups is 1. The molecule has 0 aliphatic rings. The molecule has 0 fully saturated rings. The van der Waals surface area contributed by atoms with Gasteiger partial charge in [0.15, 0.2) is 5.65 Å². The minimum atomic E-state index is -4.51. The summed E-state index contributed by atoms with van der Waals surface area (Å²) in [5.74, 6) is 0.171. The SMILES string of the molecule is O=S(=O)(c1ccccc1)c1nnn2c1nc(Nc1cccc(C(F)(F)F)c1)c1ccccc12. The third kappa shape index (κ3) is 3.65. The molecule has 0 saturated heterocycles. The topological polar surface area (TPSA) is 89.2 Å². The Kier molecular flexibility index (Phi) is 4.78. The van der Waals surface area contributed by atoms with E-state index in [1.807, 2.05) is 0 Å². The Morgan fingerprint density at radius 1 is 0.879 bits per heavy atom. The first kappa shape index (κ1) is 20.9. The van der Waals surface area contributed by atoms with Crippen LogP contribution in [0.15, 0.2) is 88.8 Å². The van der Waals surface area contributed by atoms with Crippen LogP contribution in [0.3, 0.4) is 0 Å². The Morgan fingerprint density at radius 2 is 1.61 bits per heavy atom. The first-order chi connectivity index (χ1) is 15.7. The minimum absolute atomic E-state index is 0.0229. The lowest BCUT2D eigenvalue weighted by atomic mass is 10.2. The molecule has 11 heteroatoms. The number of hydrogen-bond acceptors (Lipinski definition) is 6. The molecule has 0 radical (unpaired) electrons. The van der Waals surface area contributed by atoms with Gasteiger partial charge < -0.3 is 5.32 Å². The van der Waals surface area contributed by atoms with Crippen molar-refractivity contribution in [3.8, 4) is 0 Å². The monoisotopic (exact) mass is 469 g/mol. The van der Waals surface area contributed by atoms with Crippen LogP contribution in [0.4, 0.5) is 24.7 Å². The first-order valence-electron chi connectivity index (χ1n) is 9.64. The lowest BCUT2D eigenvalue weighted by molar-refractivity contribution is -0.137. The highest BCUT2D eigenvalue weighted by Gasteiger charge is 2.31. The highest BCUT2D eigenvalue weighted by molar-refractivity contribution is 7.91. The molecule has 1 N–H and O–H groups in total. The van der Waals surface area contributed by atoms with Gasteiger partial charge in [-0.15, -0.1) is 5.10 Å². The number of alkyl halides is 3. The van der Waals surface area contributed by atoms with Gasteiger partial charge in [0.25, 0.3) is 0 Å². The van der Waals surface area contributed by atoms with E-state index < -0.39 is 21.6 Å². The summed E-state index contributed by atoms with van der Waals surface area (Å²) < 4.78 is 67.1. The molecule has 2 aromatic heterocycles. The molecular weight excluding hydrogens is 455 g/mol. The number of aromatic nitrogens is 4. The number of fused-ring (bicyclic) bond motifs is 3. The van der Waals surface area contributed by atoms with E-state index in [-0.39, 0.29) is 27.1 Å². The molecule has 7 nitrogen and oxygen atoms in total. The molecule has 0 bridgehead atoms. The molecule has 33 heavy (non-hydrogen) atoms. The van der Waals surface area contributed by atoms with E-state index in [2.05, 4.69) is 20.6 Å². The van der Waals surface area contributed by atoms with Crippen LogP contribution in [0, 0.1) is 0 Å². The van der Waals surface area contributed by atoms with Gasteiger partial charge in [0, 0.05) is 11.1 Å². The fourth-order valence-electron chi connectivity index (χ4n) is 3.44. The van der Waals surface area contributed by atoms with E-state index in [0.717, 1.165) is 12.1 Å². The van der Waals surface area contributed by atoms with Crippen molar-refractivity contribution < 1.29 is 21.6 Å². The number of halogens is 3. The summed E-state index contributed by atoms with van der Waals surface area (Å²) >= 11 is 0. The van der Waals surface area contributed by atoms with Crippen LogP contribution in [-0.4, -0.2) is 28.2 Å². The summed E-state index contributed by atoms with van der Waals surface area (Å²) in [7, 11) is -4.04. The number of anilines is 2. The van der Waals surface area contributed by atoms with Gasteiger partial charge in [-0.1, -0.05) is 41.6 Å². The van der Waals surface area contributed by atoms with Crippen LogP contribution in [0.2, 0.25) is 0 Å². The predicted molar refractivity (Wildman–Crippen MR) is 115 cm³/mol. The van der Waals surface area contributed by atoms with Crippen molar-refractivity contribution in [1.82, 2.24) is 19.8 Å². The average Bonchev–Trinajstić information content (AvgIpc) is 3.24. The maximum Gasteiger partial charge on any atom is 0.416 e. The van der Waals surface area contributed by atoms with Crippen LogP contribution in [0.25, 0.3) is 16.6 Å². The van der Waals surface area contributed by atoms with Crippen molar-refractivity contribution >= 4 is 37.9 Å². The number of para-hydroxylation sites is 1. The number of rotatable bonds is 4. The van der Waals surface area contributed by atoms with E-state index in [1.165, 1.54) is 28.8 Å². The smallest absolute Gasteiger partial charge is 0.340 e. The second-order valence-electron chi connectivity index (χ2n) is 7.13. The van der Waals surface area contributed by atoms with Gasteiger partial charge in [0.2, 0.25) is 14.9 Å². The number of nitrogens with one attached hydrogen (secondary N) is 1. The Bertz CT molecular complexity index is 1600. The summed E-state index contributed by atoms with van der Waals surface area (Å²) in [5, 5.41) is 10.9. The van der Waals surface area contributed by atoms with Gasteiger partial charge in [-0.05, 0) is 42.5 Å². The lowest BCUT2D eigenvalue weighted by Crippen LogP contribution is -2.07. The average molecular weight is 469 g/mol. The molecular formula is C22H14F3N5O2S. The van der Waals surface area contributed by atoms with Crippen molar-refractivity contribution in [2.24, 2.45) is 0 Å². The zero-order valence-electron chi connectivity index (χ0n) is 16.7. The Hall–Kier alpha value is -3.99. The largest absolute Gasteiger partial charge is 0.416 e. The summed E-state index contributed by atoms with van der Waals surface area (Å²) in [5.41, 5.74) is -0.242. The van der Waals surface area contributed by atoms with E-state index in [0.29, 0.717) is 10.9 Å². The fraction of sp³-hybridized carbons (Fsp3) is 0.0455. The minimum Gasteiger partial charge on any atom is -0.340 e. The normalized spacial score (nSPS) is 12.3. The second kappa shape index (κ2) is 7.55. The van der Waals surface area contributed by atoms with Gasteiger partial charge in [0.05, 0.1) is 16.0 Å². The molecule has 0 saturated carbocycles. The summed E-state index contributed by atoms with van der Waals surface area (Å²) in [6.07, 6.45) is -4.51. The summed E-state index contributed by atoms with van der Waals surface area (Å²) in [4.78, 5) is 4.43. The molecule has 0 unspecified atom stereocenters. The van der Waals surface area contributed by atoms with Gasteiger partial charge in [-0.3, -0.25) is 0 Å². The highest BCUT2D eigenvalue weighted by Crippen LogP contribution is 2.33. The molecule has 2 heterocycles. The van der Waals surface area contributed by atoms with Gasteiger partial charge in [0.1, 0.15) is 5.82 Å². The van der Waals surface area contributed by atoms with E-state index in [9.17, 15) is 21.6 Å². The third-order valence-electron chi connectivity index (χ3n) is 4.98. The lowest BCUT2D eigenvalue weighted by Gasteiger charge is -2.12. The highest BCUT2D eigenvalue weighted by atomic mass is 32.2. The zero-order valence-corrected chi connectivity index (χ0v) is 17.5. The quantitative estimate of drug-likeness (QED) is 0.404. The Labute approximate surface area is 185 Å². The maximum absolute atomic E-state index is 13.2. The Morgan fingerprint density at radius 3 is 2.36 bits per heavy atom. The summed E-state index contributed by atoms with van der Waals surface area (Å²) in [6, 6.07) is 19.2. The van der Waals surface area contributed by atoms with Gasteiger partial charge in [-0.2, -0.15) is 17.7 Å². The van der Waals surface area contributed by atoms with E-state index in [1.54, 1.807) is 42.5 Å². The van der Waals surface area contributed by atoms with Crippen molar-refractivity contribution in [3.05, 3.63) is 84.4 Å². The van der Waals surface area contributed by atoms with Crippen molar-refractivity contribution in [2.45, 2.75) is 16.1 Å². The number of benzene rings is 3. The fourth-order valence-corrected chi connectivity index (χ4v) is 4.69. The van der Waals surface area contributed by atoms with Crippen LogP contribution < -0.4 is 5.32 Å². The summed E-state index contributed by atoms with van der Waals surface area (Å²) in [6.45, 7) is 0. The van der Waals surface area contributed by atoms with Crippen LogP contribution in [0.1, 0.15) is 5.56 Å². The third-order valence-corrected chi connectivity index (χ3v) is 6.65. The number of hydrogen-bond donors (Lipinski definition) is 1. The van der Waals surface area contributed by atoms with Crippen LogP contribution in [-0.2, 0) is 16.0 Å². The van der Waals surface area contributed by atoms with Crippen molar-refractivity contribution in [2.75, 3.05) is 5.32 Å². The molecule has 0 aliphatic heterocycles. The van der Waals surface area contributed by atoms with Gasteiger partial charge in [-0.25, -0.2) is 13.4 Å². The molecule has 166 valence electrons. The maximum atomic E-state index is 13.2. The molecule has 0 aliphatic carbocycles. The number of nitrogens with zero attached hydrogens (tertiary/aromatic N) is 4. The standard InChI is InChI=1S/C22H14F3N5O2S/c23-22(24,25)14-7-6-8-15(13-14)26-19-17-11-4-5-12-18(17)30-20(27-19)21(28-29-30)33(31,32)16-9-2-1-3-10-16/h1-13H,(H,26,27). The molecule has 0 spiro atoms.